The number of pyridine rings is 1. The fourth-order valence-electron chi connectivity index (χ4n) is 3.48. The minimum atomic E-state index is 0.0312. The first kappa shape index (κ1) is 19.4. The Morgan fingerprint density at radius 2 is 1.81 bits per heavy atom. The highest BCUT2D eigenvalue weighted by Gasteiger charge is 2.22. The maximum absolute atomic E-state index is 12.9. The van der Waals surface area contributed by atoms with Crippen LogP contribution in [0.2, 0.25) is 0 Å². The van der Waals surface area contributed by atoms with Gasteiger partial charge in [-0.3, -0.25) is 9.78 Å². The van der Waals surface area contributed by atoms with E-state index in [0.717, 1.165) is 44.1 Å². The van der Waals surface area contributed by atoms with E-state index in [0.29, 0.717) is 5.56 Å². The van der Waals surface area contributed by atoms with Crippen molar-refractivity contribution in [3.8, 4) is 0 Å². The Kier molecular flexibility index (Phi) is 5.80. The quantitative estimate of drug-likeness (QED) is 0.891. The summed E-state index contributed by atoms with van der Waals surface area (Å²) in [4.78, 5) is 21.5. The number of carbonyl (C=O) groups excluding carboxylic acids is 1. The molecule has 0 unspecified atom stereocenters. The number of aromatic nitrogens is 1. The Morgan fingerprint density at radius 1 is 1.11 bits per heavy atom. The molecule has 1 aromatic carbocycles. The van der Waals surface area contributed by atoms with Crippen molar-refractivity contribution in [2.24, 2.45) is 0 Å². The molecule has 1 fully saturated rings. The van der Waals surface area contributed by atoms with E-state index in [1.807, 2.05) is 17.0 Å². The molecule has 2 aromatic rings. The molecule has 0 radical (unpaired) electrons. The Morgan fingerprint density at radius 3 is 2.48 bits per heavy atom. The fourth-order valence-corrected chi connectivity index (χ4v) is 3.48. The minimum Gasteiger partial charge on any atom is -0.354 e. The number of anilines is 2. The molecule has 5 nitrogen and oxygen atoms in total. The summed E-state index contributed by atoms with van der Waals surface area (Å²) in [5, 5.41) is 3.45. The zero-order valence-corrected chi connectivity index (χ0v) is 16.8. The van der Waals surface area contributed by atoms with Crippen LogP contribution < -0.4 is 5.32 Å². The Labute approximate surface area is 162 Å². The summed E-state index contributed by atoms with van der Waals surface area (Å²) in [6.07, 6.45) is 3.43. The predicted octanol–water partition coefficient (Wildman–Crippen LogP) is 3.90. The molecule has 2 heterocycles. The average Bonchev–Trinajstić information content (AvgIpc) is 2.67. The lowest BCUT2D eigenvalue weighted by molar-refractivity contribution is 0.0643. The average molecular weight is 367 g/mol. The van der Waals surface area contributed by atoms with E-state index >= 15 is 0 Å². The third kappa shape index (κ3) is 4.66. The standard InChI is InChI=1S/C22H30N4O/c1-5-25-10-12-26(13-11-25)21(27)17-14-18(16-23-15-17)24-20-9-7-6-8-19(20)22(2,3)4/h6-9,14-16,24H,5,10-13H2,1-4H3. The molecule has 1 aliphatic rings. The molecule has 1 N–H and O–H groups in total. The van der Waals surface area contributed by atoms with Crippen LogP contribution >= 0.6 is 0 Å². The zero-order valence-electron chi connectivity index (χ0n) is 16.8. The second-order valence-electron chi connectivity index (χ2n) is 8.11. The summed E-state index contributed by atoms with van der Waals surface area (Å²) in [6, 6.07) is 10.2. The molecule has 5 heteroatoms. The van der Waals surface area contributed by atoms with Crippen LogP contribution in [0.25, 0.3) is 0 Å². The lowest BCUT2D eigenvalue weighted by atomic mass is 9.86. The Bertz CT molecular complexity index is 789. The predicted molar refractivity (Wildman–Crippen MR) is 111 cm³/mol. The van der Waals surface area contributed by atoms with Crippen molar-refractivity contribution in [3.63, 3.8) is 0 Å². The van der Waals surface area contributed by atoms with Crippen LogP contribution in [-0.2, 0) is 5.41 Å². The second-order valence-corrected chi connectivity index (χ2v) is 8.11. The van der Waals surface area contributed by atoms with Crippen LogP contribution in [0.1, 0.15) is 43.6 Å². The van der Waals surface area contributed by atoms with Gasteiger partial charge >= 0.3 is 0 Å². The molecular formula is C22H30N4O. The van der Waals surface area contributed by atoms with E-state index in [9.17, 15) is 4.79 Å². The smallest absolute Gasteiger partial charge is 0.255 e. The van der Waals surface area contributed by atoms with Crippen LogP contribution in [-0.4, -0.2) is 53.4 Å². The van der Waals surface area contributed by atoms with Gasteiger partial charge in [0.25, 0.3) is 5.91 Å². The largest absolute Gasteiger partial charge is 0.354 e. The molecule has 3 rings (SSSR count). The SMILES string of the molecule is CCN1CCN(C(=O)c2cncc(Nc3ccccc3C(C)(C)C)c2)CC1. The number of carbonyl (C=O) groups is 1. The second kappa shape index (κ2) is 8.09. The van der Waals surface area contributed by atoms with Gasteiger partial charge in [-0.05, 0) is 29.7 Å². The van der Waals surface area contributed by atoms with E-state index in [-0.39, 0.29) is 11.3 Å². The monoisotopic (exact) mass is 366 g/mol. The van der Waals surface area contributed by atoms with E-state index in [1.54, 1.807) is 12.4 Å². The van der Waals surface area contributed by atoms with Crippen LogP contribution in [0.4, 0.5) is 11.4 Å². The highest BCUT2D eigenvalue weighted by Crippen LogP contribution is 2.31. The molecule has 1 saturated heterocycles. The topological polar surface area (TPSA) is 48.5 Å². The molecule has 1 aliphatic heterocycles. The lowest BCUT2D eigenvalue weighted by Crippen LogP contribution is -2.48. The van der Waals surface area contributed by atoms with E-state index in [2.05, 4.69) is 61.1 Å². The van der Waals surface area contributed by atoms with Gasteiger partial charge in [0.15, 0.2) is 0 Å². The number of nitrogens with one attached hydrogen (secondary N) is 1. The van der Waals surface area contributed by atoms with Crippen molar-refractivity contribution in [1.29, 1.82) is 0 Å². The number of rotatable bonds is 4. The fraction of sp³-hybridized carbons (Fsp3) is 0.455. The van der Waals surface area contributed by atoms with Gasteiger partial charge in [0, 0.05) is 38.1 Å². The lowest BCUT2D eigenvalue weighted by Gasteiger charge is -2.34. The number of amides is 1. The summed E-state index contributed by atoms with van der Waals surface area (Å²) in [6.45, 7) is 13.2. The van der Waals surface area contributed by atoms with E-state index < -0.39 is 0 Å². The number of para-hydroxylation sites is 1. The first-order valence-electron chi connectivity index (χ1n) is 9.71. The first-order chi connectivity index (χ1) is 12.9. The van der Waals surface area contributed by atoms with Gasteiger partial charge < -0.3 is 15.1 Å². The number of likely N-dealkylation sites (N-methyl/N-ethyl adjacent to an activating group) is 1. The number of nitrogens with zero attached hydrogens (tertiary/aromatic N) is 3. The van der Waals surface area contributed by atoms with Crippen LogP contribution in [0.3, 0.4) is 0 Å². The molecular weight excluding hydrogens is 336 g/mol. The van der Waals surface area contributed by atoms with E-state index in [4.69, 9.17) is 0 Å². The Balaban J connectivity index is 1.76. The summed E-state index contributed by atoms with van der Waals surface area (Å²) >= 11 is 0. The molecule has 0 aliphatic carbocycles. The number of piperazine rings is 1. The molecule has 0 atom stereocenters. The van der Waals surface area contributed by atoms with Crippen molar-refractivity contribution < 1.29 is 4.79 Å². The van der Waals surface area contributed by atoms with Gasteiger partial charge in [0.1, 0.15) is 0 Å². The van der Waals surface area contributed by atoms with Crippen molar-refractivity contribution in [3.05, 3.63) is 53.9 Å². The Hall–Kier alpha value is -2.40. The summed E-state index contributed by atoms with van der Waals surface area (Å²) in [5.74, 6) is 0.0611. The highest BCUT2D eigenvalue weighted by atomic mass is 16.2. The van der Waals surface area contributed by atoms with Gasteiger partial charge in [-0.2, -0.15) is 0 Å². The van der Waals surface area contributed by atoms with Crippen molar-refractivity contribution in [2.75, 3.05) is 38.0 Å². The normalized spacial score (nSPS) is 15.6. The maximum Gasteiger partial charge on any atom is 0.255 e. The highest BCUT2D eigenvalue weighted by molar-refractivity contribution is 5.95. The minimum absolute atomic E-state index is 0.0312. The van der Waals surface area contributed by atoms with Gasteiger partial charge in [0.05, 0.1) is 17.4 Å². The summed E-state index contributed by atoms with van der Waals surface area (Å²) in [7, 11) is 0. The van der Waals surface area contributed by atoms with Gasteiger partial charge in [-0.15, -0.1) is 0 Å². The number of hydrogen-bond acceptors (Lipinski definition) is 4. The molecule has 1 aromatic heterocycles. The maximum atomic E-state index is 12.9. The van der Waals surface area contributed by atoms with E-state index in [1.165, 1.54) is 5.56 Å². The first-order valence-corrected chi connectivity index (χ1v) is 9.71. The number of benzene rings is 1. The molecule has 0 bridgehead atoms. The van der Waals surface area contributed by atoms with Crippen LogP contribution in [0, 0.1) is 0 Å². The van der Waals surface area contributed by atoms with Gasteiger partial charge in [-0.1, -0.05) is 45.9 Å². The zero-order chi connectivity index (χ0) is 19.4. The third-order valence-electron chi connectivity index (χ3n) is 5.11. The van der Waals surface area contributed by atoms with Gasteiger partial charge in [0.2, 0.25) is 0 Å². The van der Waals surface area contributed by atoms with Crippen molar-refractivity contribution in [2.45, 2.75) is 33.1 Å². The van der Waals surface area contributed by atoms with Crippen LogP contribution in [0.5, 0.6) is 0 Å². The summed E-state index contributed by atoms with van der Waals surface area (Å²) < 4.78 is 0. The van der Waals surface area contributed by atoms with Crippen molar-refractivity contribution in [1.82, 2.24) is 14.8 Å². The van der Waals surface area contributed by atoms with Crippen LogP contribution in [0.15, 0.2) is 42.7 Å². The van der Waals surface area contributed by atoms with Crippen molar-refractivity contribution >= 4 is 17.3 Å². The third-order valence-corrected chi connectivity index (χ3v) is 5.11. The van der Waals surface area contributed by atoms with Gasteiger partial charge in [-0.25, -0.2) is 0 Å². The molecule has 0 spiro atoms. The molecule has 1 amide bonds. The molecule has 27 heavy (non-hydrogen) atoms. The number of hydrogen-bond donors (Lipinski definition) is 1. The molecule has 0 saturated carbocycles. The summed E-state index contributed by atoms with van der Waals surface area (Å²) in [5.41, 5.74) is 3.79. The molecule has 144 valence electrons.